The number of anilines is 3. The average molecular weight is 683 g/mol. The van der Waals surface area contributed by atoms with Gasteiger partial charge in [0.15, 0.2) is 8.32 Å². The van der Waals surface area contributed by atoms with Crippen molar-refractivity contribution in [1.82, 2.24) is 14.8 Å². The van der Waals surface area contributed by atoms with E-state index in [2.05, 4.69) is 54.8 Å². The van der Waals surface area contributed by atoms with Gasteiger partial charge in [-0.05, 0) is 82.3 Å². The van der Waals surface area contributed by atoms with Gasteiger partial charge in [-0.25, -0.2) is 9.59 Å². The molecule has 0 atom stereocenters. The second-order valence-electron chi connectivity index (χ2n) is 14.2. The molecule has 47 heavy (non-hydrogen) atoms. The first-order chi connectivity index (χ1) is 21.8. The normalized spacial score (nSPS) is 12.1. The van der Waals surface area contributed by atoms with Gasteiger partial charge in [-0.2, -0.15) is 0 Å². The summed E-state index contributed by atoms with van der Waals surface area (Å²) in [6.07, 6.45) is 0.983. The second-order valence-corrected chi connectivity index (χ2v) is 19.8. The number of likely N-dealkylation sites (N-methyl/N-ethyl adjacent to an activating group) is 1. The Balaban J connectivity index is 1.65. The summed E-state index contributed by atoms with van der Waals surface area (Å²) in [7, 11) is 2.00. The fraction of sp³-hybridized carbons (Fsp3) is 0.471. The molecule has 13 heteroatoms. The van der Waals surface area contributed by atoms with Crippen LogP contribution in [0.1, 0.15) is 63.2 Å². The Morgan fingerprint density at radius 3 is 2.17 bits per heavy atom. The first kappa shape index (κ1) is 37.7. The van der Waals surface area contributed by atoms with E-state index in [-0.39, 0.29) is 16.8 Å². The Hall–Kier alpha value is -3.78. The number of carbonyl (C=O) groups excluding carboxylic acids is 3. The second kappa shape index (κ2) is 15.9. The molecule has 0 saturated carbocycles. The average Bonchev–Trinajstić information content (AvgIpc) is 3.38. The Morgan fingerprint density at radius 1 is 0.894 bits per heavy atom. The lowest BCUT2D eigenvalue weighted by Gasteiger charge is -2.36. The molecule has 0 saturated heterocycles. The van der Waals surface area contributed by atoms with E-state index in [4.69, 9.17) is 9.16 Å². The molecule has 0 bridgehead atoms. The summed E-state index contributed by atoms with van der Waals surface area (Å²) in [6, 6.07) is 10.9. The molecule has 11 nitrogen and oxygen atoms in total. The maximum atomic E-state index is 13.5. The third-order valence-corrected chi connectivity index (χ3v) is 12.9. The summed E-state index contributed by atoms with van der Waals surface area (Å²) in [5.41, 5.74) is 2.90. The molecule has 0 radical (unpaired) electrons. The number of nitrogens with one attached hydrogen (secondary N) is 3. The predicted molar refractivity (Wildman–Crippen MR) is 193 cm³/mol. The Labute approximate surface area is 284 Å². The van der Waals surface area contributed by atoms with Crippen molar-refractivity contribution in [2.45, 2.75) is 78.4 Å². The Morgan fingerprint density at radius 2 is 1.57 bits per heavy atom. The number of pyridine rings is 1. The molecule has 3 rings (SSSR count). The van der Waals surface area contributed by atoms with Crippen LogP contribution < -0.4 is 16.0 Å². The molecule has 0 aliphatic carbocycles. The highest BCUT2D eigenvalue weighted by Crippen LogP contribution is 2.37. The van der Waals surface area contributed by atoms with Gasteiger partial charge in [0.2, 0.25) is 0 Å². The highest BCUT2D eigenvalue weighted by atomic mass is 32.1. The summed E-state index contributed by atoms with van der Waals surface area (Å²) < 4.78 is 11.7. The number of ether oxygens (including phenoxy) is 1. The first-order valence-corrected chi connectivity index (χ1v) is 19.4. The van der Waals surface area contributed by atoms with E-state index in [9.17, 15) is 14.4 Å². The van der Waals surface area contributed by atoms with E-state index in [0.29, 0.717) is 43.3 Å². The number of aromatic nitrogens is 1. The third kappa shape index (κ3) is 12.1. The van der Waals surface area contributed by atoms with Crippen molar-refractivity contribution in [3.63, 3.8) is 0 Å². The molecular formula is C34H50N6O5SSi. The van der Waals surface area contributed by atoms with Gasteiger partial charge in [0.25, 0.3) is 5.91 Å². The van der Waals surface area contributed by atoms with Crippen LogP contribution in [0.4, 0.5) is 26.7 Å². The Bertz CT molecular complexity index is 1510. The van der Waals surface area contributed by atoms with Gasteiger partial charge in [-0.3, -0.25) is 15.1 Å². The summed E-state index contributed by atoms with van der Waals surface area (Å²) in [6.45, 7) is 18.4. The maximum absolute atomic E-state index is 13.5. The Kier molecular flexibility index (Phi) is 12.7. The molecule has 0 aliphatic rings. The van der Waals surface area contributed by atoms with Gasteiger partial charge >= 0.3 is 12.1 Å². The lowest BCUT2D eigenvalue weighted by Crippen LogP contribution is -2.40. The molecule has 1 aromatic carbocycles. The van der Waals surface area contributed by atoms with Crippen molar-refractivity contribution in [2.75, 3.05) is 43.1 Å². The number of rotatable bonds is 12. The number of amides is 4. The van der Waals surface area contributed by atoms with Crippen LogP contribution >= 0.6 is 11.3 Å². The van der Waals surface area contributed by atoms with Gasteiger partial charge in [0.1, 0.15) is 11.3 Å². The number of nitrogens with zero attached hydrogens (tertiary/aromatic N) is 3. The van der Waals surface area contributed by atoms with Gasteiger partial charge in [0, 0.05) is 42.3 Å². The van der Waals surface area contributed by atoms with Gasteiger partial charge in [0.05, 0.1) is 18.0 Å². The zero-order chi connectivity index (χ0) is 35.0. The van der Waals surface area contributed by atoms with Crippen molar-refractivity contribution in [3.05, 3.63) is 70.2 Å². The largest absolute Gasteiger partial charge is 0.444 e. The minimum atomic E-state index is -1.91. The molecular weight excluding hydrogens is 633 g/mol. The van der Waals surface area contributed by atoms with E-state index < -0.39 is 25.9 Å². The molecule has 256 valence electrons. The van der Waals surface area contributed by atoms with Gasteiger partial charge in [-0.15, -0.1) is 11.3 Å². The number of thiophene rings is 1. The van der Waals surface area contributed by atoms with Crippen molar-refractivity contribution < 1.29 is 23.5 Å². The molecule has 3 N–H and O–H groups in total. The van der Waals surface area contributed by atoms with Crippen molar-refractivity contribution in [3.8, 4) is 0 Å². The number of hydrogen-bond donors (Lipinski definition) is 3. The van der Waals surface area contributed by atoms with E-state index in [1.165, 1.54) is 11.3 Å². The molecule has 3 aromatic rings. The molecule has 0 spiro atoms. The number of urea groups is 1. The van der Waals surface area contributed by atoms with Crippen LogP contribution in [0.3, 0.4) is 0 Å². The highest BCUT2D eigenvalue weighted by molar-refractivity contribution is 7.09. The fourth-order valence-electron chi connectivity index (χ4n) is 3.96. The van der Waals surface area contributed by atoms with Crippen molar-refractivity contribution >= 4 is 54.7 Å². The zero-order valence-electron chi connectivity index (χ0n) is 29.3. The van der Waals surface area contributed by atoms with Crippen LogP contribution in [0, 0.1) is 0 Å². The predicted octanol–water partition coefficient (Wildman–Crippen LogP) is 7.86. The summed E-state index contributed by atoms with van der Waals surface area (Å²) in [4.78, 5) is 46.8. The molecule has 0 fully saturated rings. The van der Waals surface area contributed by atoms with E-state index in [1.54, 1.807) is 54.8 Å². The number of hydrogen-bond acceptors (Lipinski definition) is 8. The van der Waals surface area contributed by atoms with Gasteiger partial charge < -0.3 is 29.6 Å². The lowest BCUT2D eigenvalue weighted by atomic mass is 10.2. The van der Waals surface area contributed by atoms with Crippen LogP contribution in [-0.2, 0) is 22.3 Å². The quantitative estimate of drug-likeness (QED) is 0.166. The van der Waals surface area contributed by atoms with Gasteiger partial charge in [-0.1, -0.05) is 39.0 Å². The summed E-state index contributed by atoms with van der Waals surface area (Å²) in [5.74, 6) is -0.429. The summed E-state index contributed by atoms with van der Waals surface area (Å²) >= 11 is 1.33. The number of carbonyl (C=O) groups is 3. The maximum Gasteiger partial charge on any atom is 0.412 e. The third-order valence-electron chi connectivity index (χ3n) is 7.67. The fourth-order valence-corrected chi connectivity index (χ4v) is 5.63. The SMILES string of the molecule is CN(C)CCN(Cc1ccc(C(=O)Nc2cscc2NC(=O)OC(C)(C)C)nc1)C(=O)Nc1cccc(CO[Si](C)(C)C(C)(C)C)c1. The standard InChI is InChI=1S/C34H50N6O5SSi/c1-33(2,3)45-32(43)38-29-23-46-22-28(29)37-30(41)27-15-14-25(19-35-27)20-40(17-16-39(7)8)31(42)36-26-13-11-12-24(18-26)21-44-47(9,10)34(4,5)6/h11-15,18-19,22-23H,16-17,20-21H2,1-10H3,(H,36,42)(H,37,41)(H,38,43). The number of benzene rings is 1. The summed E-state index contributed by atoms with van der Waals surface area (Å²) in [5, 5.41) is 12.0. The monoisotopic (exact) mass is 682 g/mol. The van der Waals surface area contributed by atoms with Crippen LogP contribution in [0.25, 0.3) is 0 Å². The van der Waals surface area contributed by atoms with Crippen LogP contribution in [0.15, 0.2) is 53.4 Å². The molecule has 4 amide bonds. The van der Waals surface area contributed by atoms with Crippen LogP contribution in [0.5, 0.6) is 0 Å². The smallest absolute Gasteiger partial charge is 0.412 e. The molecule has 0 unspecified atom stereocenters. The molecule has 2 aromatic heterocycles. The van der Waals surface area contributed by atoms with Crippen molar-refractivity contribution in [2.24, 2.45) is 0 Å². The van der Waals surface area contributed by atoms with Crippen LogP contribution in [0.2, 0.25) is 18.1 Å². The first-order valence-electron chi connectivity index (χ1n) is 15.6. The van der Waals surface area contributed by atoms with E-state index in [0.717, 1.165) is 11.1 Å². The van der Waals surface area contributed by atoms with E-state index in [1.807, 2.05) is 43.3 Å². The molecule has 0 aliphatic heterocycles. The molecule has 2 heterocycles. The lowest BCUT2D eigenvalue weighted by molar-refractivity contribution is 0.0635. The van der Waals surface area contributed by atoms with Crippen molar-refractivity contribution in [1.29, 1.82) is 0 Å². The zero-order valence-corrected chi connectivity index (χ0v) is 31.1. The van der Waals surface area contributed by atoms with Crippen LogP contribution in [-0.4, -0.2) is 73.9 Å². The highest BCUT2D eigenvalue weighted by Gasteiger charge is 2.37. The topological polar surface area (TPSA) is 125 Å². The minimum absolute atomic E-state index is 0.108. The van der Waals surface area contributed by atoms with E-state index >= 15 is 0 Å². The minimum Gasteiger partial charge on any atom is -0.444 e.